The topological polar surface area (TPSA) is 108 Å². The van der Waals surface area contributed by atoms with Gasteiger partial charge < -0.3 is 23.5 Å². The van der Waals surface area contributed by atoms with E-state index in [2.05, 4.69) is 10.1 Å². The summed E-state index contributed by atoms with van der Waals surface area (Å²) in [5, 5.41) is 14.1. The lowest BCUT2D eigenvalue weighted by atomic mass is 10.1. The zero-order valence-electron chi connectivity index (χ0n) is 17.5. The van der Waals surface area contributed by atoms with Crippen LogP contribution < -0.4 is 9.47 Å². The molecule has 0 bridgehead atoms. The quantitative estimate of drug-likeness (QED) is 0.313. The van der Waals surface area contributed by atoms with Crippen molar-refractivity contribution in [3.8, 4) is 34.3 Å². The number of hydrogen-bond donors (Lipinski definition) is 1. The SMILES string of the molecule is CC(C)Oc1ccc(-c2nc(-c3ccc(OCCCC(=O)O)c4occc34)no2)cc1Cl. The smallest absolute Gasteiger partial charge is 0.303 e. The maximum absolute atomic E-state index is 10.7. The van der Waals surface area contributed by atoms with Gasteiger partial charge in [-0.2, -0.15) is 4.98 Å². The van der Waals surface area contributed by atoms with E-state index in [-0.39, 0.29) is 19.1 Å². The van der Waals surface area contributed by atoms with E-state index in [0.29, 0.717) is 51.4 Å². The van der Waals surface area contributed by atoms with Crippen LogP contribution in [0.25, 0.3) is 33.8 Å². The second kappa shape index (κ2) is 9.32. The second-order valence-electron chi connectivity index (χ2n) is 7.36. The lowest BCUT2D eigenvalue weighted by Gasteiger charge is -2.11. The Kier molecular flexibility index (Phi) is 6.32. The molecule has 32 heavy (non-hydrogen) atoms. The minimum absolute atomic E-state index is 0.00912. The van der Waals surface area contributed by atoms with Crippen LogP contribution >= 0.6 is 11.6 Å². The zero-order valence-corrected chi connectivity index (χ0v) is 18.3. The first-order chi connectivity index (χ1) is 15.4. The molecule has 0 atom stereocenters. The molecule has 2 heterocycles. The number of aromatic nitrogens is 2. The molecule has 0 aliphatic carbocycles. The number of benzene rings is 2. The number of fused-ring (bicyclic) bond motifs is 1. The first-order valence-corrected chi connectivity index (χ1v) is 10.5. The summed E-state index contributed by atoms with van der Waals surface area (Å²) in [6, 6.07) is 10.6. The highest BCUT2D eigenvalue weighted by atomic mass is 35.5. The molecule has 9 heteroatoms. The summed E-state index contributed by atoms with van der Waals surface area (Å²) < 4.78 is 22.4. The summed E-state index contributed by atoms with van der Waals surface area (Å²) in [5.74, 6) is 0.967. The van der Waals surface area contributed by atoms with Crippen LogP contribution in [-0.2, 0) is 4.79 Å². The number of ether oxygens (including phenoxy) is 2. The monoisotopic (exact) mass is 456 g/mol. The van der Waals surface area contributed by atoms with Crippen molar-refractivity contribution in [1.82, 2.24) is 10.1 Å². The molecule has 0 aliphatic rings. The van der Waals surface area contributed by atoms with Gasteiger partial charge in [-0.25, -0.2) is 0 Å². The van der Waals surface area contributed by atoms with Gasteiger partial charge in [-0.1, -0.05) is 16.8 Å². The molecular weight excluding hydrogens is 436 g/mol. The van der Waals surface area contributed by atoms with Crippen molar-refractivity contribution in [2.24, 2.45) is 0 Å². The Labute approximate surface area is 188 Å². The molecular formula is C23H21ClN2O6. The van der Waals surface area contributed by atoms with Crippen LogP contribution in [0.2, 0.25) is 5.02 Å². The predicted molar refractivity (Wildman–Crippen MR) is 118 cm³/mol. The van der Waals surface area contributed by atoms with Crippen LogP contribution in [0, 0.1) is 0 Å². The van der Waals surface area contributed by atoms with Crippen molar-refractivity contribution in [3.05, 3.63) is 47.7 Å². The number of carboxylic acid groups (broad SMARTS) is 1. The van der Waals surface area contributed by atoms with E-state index in [0.717, 1.165) is 5.39 Å². The molecule has 2 aromatic heterocycles. The number of hydrogen-bond acceptors (Lipinski definition) is 7. The van der Waals surface area contributed by atoms with Crippen molar-refractivity contribution in [2.75, 3.05) is 6.61 Å². The maximum Gasteiger partial charge on any atom is 0.303 e. The van der Waals surface area contributed by atoms with Gasteiger partial charge in [0.15, 0.2) is 11.3 Å². The molecule has 166 valence electrons. The molecule has 0 saturated heterocycles. The van der Waals surface area contributed by atoms with E-state index in [1.165, 1.54) is 0 Å². The highest BCUT2D eigenvalue weighted by Gasteiger charge is 2.18. The predicted octanol–water partition coefficient (Wildman–Crippen LogP) is 5.83. The van der Waals surface area contributed by atoms with E-state index < -0.39 is 5.97 Å². The van der Waals surface area contributed by atoms with Gasteiger partial charge in [-0.3, -0.25) is 4.79 Å². The molecule has 0 fully saturated rings. The van der Waals surface area contributed by atoms with Crippen molar-refractivity contribution >= 4 is 28.5 Å². The van der Waals surface area contributed by atoms with E-state index in [9.17, 15) is 4.79 Å². The molecule has 8 nitrogen and oxygen atoms in total. The van der Waals surface area contributed by atoms with Gasteiger partial charge >= 0.3 is 5.97 Å². The van der Waals surface area contributed by atoms with Gasteiger partial charge in [-0.05, 0) is 56.7 Å². The summed E-state index contributed by atoms with van der Waals surface area (Å²) in [7, 11) is 0. The first-order valence-electron chi connectivity index (χ1n) is 10.1. The summed E-state index contributed by atoms with van der Waals surface area (Å²) in [4.78, 5) is 15.2. The Balaban J connectivity index is 1.57. The number of carboxylic acids is 1. The minimum Gasteiger partial charge on any atom is -0.490 e. The average Bonchev–Trinajstić information content (AvgIpc) is 3.42. The van der Waals surface area contributed by atoms with E-state index in [4.69, 9.17) is 35.1 Å². The molecule has 4 rings (SSSR count). The minimum atomic E-state index is -0.858. The summed E-state index contributed by atoms with van der Waals surface area (Å²) in [5.41, 5.74) is 1.92. The first kappa shape index (κ1) is 21.7. The lowest BCUT2D eigenvalue weighted by molar-refractivity contribution is -0.137. The van der Waals surface area contributed by atoms with Crippen LogP contribution in [0.5, 0.6) is 11.5 Å². The number of aliphatic carboxylic acids is 1. The summed E-state index contributed by atoms with van der Waals surface area (Å²) in [6.07, 6.45) is 2.00. The Morgan fingerprint density at radius 3 is 2.75 bits per heavy atom. The van der Waals surface area contributed by atoms with E-state index >= 15 is 0 Å². The normalized spacial score (nSPS) is 11.2. The molecule has 1 N–H and O–H groups in total. The highest BCUT2D eigenvalue weighted by Crippen LogP contribution is 2.36. The third kappa shape index (κ3) is 4.70. The molecule has 4 aromatic rings. The average molecular weight is 457 g/mol. The number of halogens is 1. The van der Waals surface area contributed by atoms with Crippen molar-refractivity contribution in [2.45, 2.75) is 32.8 Å². The fraction of sp³-hybridized carbons (Fsp3) is 0.261. The number of furan rings is 1. The Hall–Kier alpha value is -3.52. The molecule has 0 spiro atoms. The second-order valence-corrected chi connectivity index (χ2v) is 7.76. The Morgan fingerprint density at radius 1 is 1.19 bits per heavy atom. The van der Waals surface area contributed by atoms with Crippen LogP contribution in [0.3, 0.4) is 0 Å². The van der Waals surface area contributed by atoms with Gasteiger partial charge in [0, 0.05) is 22.9 Å². The molecule has 0 unspecified atom stereocenters. The van der Waals surface area contributed by atoms with Crippen molar-refractivity contribution < 1.29 is 28.3 Å². The lowest BCUT2D eigenvalue weighted by Crippen LogP contribution is -2.05. The van der Waals surface area contributed by atoms with Crippen molar-refractivity contribution in [1.29, 1.82) is 0 Å². The maximum atomic E-state index is 10.7. The summed E-state index contributed by atoms with van der Waals surface area (Å²) >= 11 is 6.32. The van der Waals surface area contributed by atoms with Crippen LogP contribution in [0.1, 0.15) is 26.7 Å². The zero-order chi connectivity index (χ0) is 22.7. The molecule has 0 aliphatic heterocycles. The van der Waals surface area contributed by atoms with Crippen LogP contribution in [0.15, 0.2) is 51.6 Å². The Bertz CT molecular complexity index is 1250. The number of nitrogens with zero attached hydrogens (tertiary/aromatic N) is 2. The fourth-order valence-electron chi connectivity index (χ4n) is 3.18. The standard InChI is InChI=1S/C23H21ClN2O6/c1-13(2)31-18-7-5-14(12-17(18)24)23-25-22(26-32-23)16-6-8-19(21-15(16)9-11-30-21)29-10-3-4-20(27)28/h5-9,11-13H,3-4,10H2,1-2H3,(H,27,28). The van der Waals surface area contributed by atoms with Gasteiger partial charge in [-0.15, -0.1) is 0 Å². The molecule has 0 amide bonds. The third-order valence-corrected chi connectivity index (χ3v) is 4.88. The largest absolute Gasteiger partial charge is 0.490 e. The Morgan fingerprint density at radius 2 is 2.00 bits per heavy atom. The van der Waals surface area contributed by atoms with Crippen molar-refractivity contribution in [3.63, 3.8) is 0 Å². The number of rotatable bonds is 9. The van der Waals surface area contributed by atoms with Gasteiger partial charge in [0.1, 0.15) is 5.75 Å². The van der Waals surface area contributed by atoms with Crippen LogP contribution in [0.4, 0.5) is 0 Å². The van der Waals surface area contributed by atoms with E-state index in [1.54, 1.807) is 30.5 Å². The number of carbonyl (C=O) groups is 1. The third-order valence-electron chi connectivity index (χ3n) is 4.58. The van der Waals surface area contributed by atoms with Gasteiger partial charge in [0.2, 0.25) is 5.82 Å². The molecule has 0 saturated carbocycles. The molecule has 0 radical (unpaired) electrons. The van der Waals surface area contributed by atoms with Gasteiger partial charge in [0.25, 0.3) is 5.89 Å². The van der Waals surface area contributed by atoms with E-state index in [1.807, 2.05) is 26.0 Å². The summed E-state index contributed by atoms with van der Waals surface area (Å²) in [6.45, 7) is 4.13. The highest BCUT2D eigenvalue weighted by molar-refractivity contribution is 6.32. The van der Waals surface area contributed by atoms with Gasteiger partial charge in [0.05, 0.1) is 24.0 Å². The van der Waals surface area contributed by atoms with Crippen LogP contribution in [-0.4, -0.2) is 33.9 Å². The molecule has 2 aromatic carbocycles. The fourth-order valence-corrected chi connectivity index (χ4v) is 3.41.